The summed E-state index contributed by atoms with van der Waals surface area (Å²) in [7, 11) is 1.25. The van der Waals surface area contributed by atoms with Crippen LogP contribution in [0, 0.1) is 13.8 Å². The highest BCUT2D eigenvalue weighted by atomic mass is 16.5. The van der Waals surface area contributed by atoms with Gasteiger partial charge >= 0.3 is 12.0 Å². The van der Waals surface area contributed by atoms with Gasteiger partial charge in [-0.3, -0.25) is 9.69 Å². The number of carbonyl (C=O) groups is 3. The van der Waals surface area contributed by atoms with E-state index in [9.17, 15) is 14.4 Å². The molecule has 0 radical (unpaired) electrons. The molecule has 0 bridgehead atoms. The van der Waals surface area contributed by atoms with E-state index in [1.165, 1.54) is 45.3 Å². The van der Waals surface area contributed by atoms with Crippen LogP contribution >= 0.6 is 0 Å². The molecule has 2 fully saturated rings. The van der Waals surface area contributed by atoms with Gasteiger partial charge in [0.15, 0.2) is 0 Å². The molecule has 3 amide bonds. The summed E-state index contributed by atoms with van der Waals surface area (Å²) in [4.78, 5) is 37.9. The summed E-state index contributed by atoms with van der Waals surface area (Å²) in [6, 6.07) is 5.04. The standard InChI is InChI=1S/C23H27N3O5/c1-14-11-16(15(2)26(14)17-7-5-4-6-8-17)12-19-21(27)25(23(29)24-19)13-18-9-10-20(31-18)22(28)30-3/h9-12,17H,4-8,13H2,1-3H3,(H,24,29). The van der Waals surface area contributed by atoms with Gasteiger partial charge in [0.1, 0.15) is 11.5 Å². The van der Waals surface area contributed by atoms with Crippen LogP contribution in [0.1, 0.15) is 71.4 Å². The first-order valence-corrected chi connectivity index (χ1v) is 10.6. The van der Waals surface area contributed by atoms with Crippen molar-refractivity contribution in [2.45, 2.75) is 58.5 Å². The molecule has 1 N–H and O–H groups in total. The zero-order valence-corrected chi connectivity index (χ0v) is 18.1. The van der Waals surface area contributed by atoms with Crippen molar-refractivity contribution in [2.75, 3.05) is 7.11 Å². The molecule has 0 aromatic carbocycles. The highest BCUT2D eigenvalue weighted by Gasteiger charge is 2.34. The fraction of sp³-hybridized carbons (Fsp3) is 0.435. The van der Waals surface area contributed by atoms with E-state index >= 15 is 0 Å². The molecule has 164 valence electrons. The second-order valence-electron chi connectivity index (χ2n) is 8.13. The lowest BCUT2D eigenvalue weighted by Gasteiger charge is -2.26. The van der Waals surface area contributed by atoms with E-state index < -0.39 is 17.9 Å². The smallest absolute Gasteiger partial charge is 0.373 e. The number of carbonyl (C=O) groups excluding carboxylic acids is 3. The molecular weight excluding hydrogens is 398 g/mol. The number of esters is 1. The second kappa shape index (κ2) is 8.45. The largest absolute Gasteiger partial charge is 0.463 e. The maximum absolute atomic E-state index is 12.9. The Bertz CT molecular complexity index is 1060. The minimum Gasteiger partial charge on any atom is -0.463 e. The Morgan fingerprint density at radius 3 is 2.68 bits per heavy atom. The quantitative estimate of drug-likeness (QED) is 0.443. The van der Waals surface area contributed by atoms with Crippen molar-refractivity contribution < 1.29 is 23.5 Å². The summed E-state index contributed by atoms with van der Waals surface area (Å²) in [5.74, 6) is -0.697. The van der Waals surface area contributed by atoms with Crippen LogP contribution in [0.2, 0.25) is 0 Å². The Morgan fingerprint density at radius 2 is 1.97 bits per heavy atom. The van der Waals surface area contributed by atoms with E-state index in [2.05, 4.69) is 34.5 Å². The van der Waals surface area contributed by atoms with Crippen molar-refractivity contribution in [1.82, 2.24) is 14.8 Å². The summed E-state index contributed by atoms with van der Waals surface area (Å²) < 4.78 is 12.4. The Hall–Kier alpha value is -3.29. The van der Waals surface area contributed by atoms with Crippen LogP contribution in [0.3, 0.4) is 0 Å². The second-order valence-corrected chi connectivity index (χ2v) is 8.13. The molecule has 1 aliphatic carbocycles. The van der Waals surface area contributed by atoms with Crippen LogP contribution in [0.5, 0.6) is 0 Å². The van der Waals surface area contributed by atoms with Gasteiger partial charge in [0.25, 0.3) is 5.91 Å². The third-order valence-electron chi connectivity index (χ3n) is 6.09. The number of hydrogen-bond acceptors (Lipinski definition) is 5. The number of aromatic nitrogens is 1. The minimum absolute atomic E-state index is 0.0236. The number of aryl methyl sites for hydroxylation is 1. The van der Waals surface area contributed by atoms with Crippen molar-refractivity contribution >= 4 is 24.0 Å². The lowest BCUT2D eigenvalue weighted by atomic mass is 9.95. The SMILES string of the molecule is COC(=O)c1ccc(CN2C(=O)NC(=Cc3cc(C)n(C4CCCCC4)c3C)C2=O)o1. The molecule has 1 saturated carbocycles. The van der Waals surface area contributed by atoms with E-state index in [1.807, 2.05) is 0 Å². The molecule has 0 spiro atoms. The summed E-state index contributed by atoms with van der Waals surface area (Å²) in [5.41, 5.74) is 3.43. The molecule has 8 heteroatoms. The number of methoxy groups -OCH3 is 1. The Labute approximate surface area is 180 Å². The fourth-order valence-corrected chi connectivity index (χ4v) is 4.55. The number of rotatable bonds is 5. The Kier molecular flexibility index (Phi) is 5.71. The topological polar surface area (TPSA) is 93.8 Å². The summed E-state index contributed by atoms with van der Waals surface area (Å²) in [5, 5.41) is 2.65. The molecule has 3 heterocycles. The molecule has 0 unspecified atom stereocenters. The van der Waals surface area contributed by atoms with Gasteiger partial charge in [0, 0.05) is 17.4 Å². The highest BCUT2D eigenvalue weighted by molar-refractivity contribution is 6.13. The third kappa shape index (κ3) is 4.02. The number of urea groups is 1. The first kappa shape index (κ1) is 21.0. The molecular formula is C23H27N3O5. The molecule has 2 aromatic rings. The summed E-state index contributed by atoms with van der Waals surface area (Å²) in [6.07, 6.45) is 7.86. The number of nitrogens with zero attached hydrogens (tertiary/aromatic N) is 2. The van der Waals surface area contributed by atoms with Crippen LogP contribution < -0.4 is 5.32 Å². The van der Waals surface area contributed by atoms with Crippen molar-refractivity contribution in [2.24, 2.45) is 0 Å². The van der Waals surface area contributed by atoms with Gasteiger partial charge in [-0.15, -0.1) is 0 Å². The van der Waals surface area contributed by atoms with E-state index in [4.69, 9.17) is 4.42 Å². The summed E-state index contributed by atoms with van der Waals surface area (Å²) in [6.45, 7) is 4.07. The van der Waals surface area contributed by atoms with Gasteiger partial charge in [-0.05, 0) is 56.5 Å². The van der Waals surface area contributed by atoms with Crippen molar-refractivity contribution in [3.63, 3.8) is 0 Å². The maximum Gasteiger partial charge on any atom is 0.373 e. The van der Waals surface area contributed by atoms with Crippen molar-refractivity contribution in [3.05, 3.63) is 52.4 Å². The third-order valence-corrected chi connectivity index (χ3v) is 6.09. The number of nitrogens with one attached hydrogen (secondary N) is 1. The molecule has 4 rings (SSSR count). The van der Waals surface area contributed by atoms with Crippen LogP contribution in [0.25, 0.3) is 6.08 Å². The first-order chi connectivity index (χ1) is 14.9. The Morgan fingerprint density at radius 1 is 1.23 bits per heavy atom. The number of amides is 3. The monoisotopic (exact) mass is 425 g/mol. The molecule has 8 nitrogen and oxygen atoms in total. The lowest BCUT2D eigenvalue weighted by Crippen LogP contribution is -2.30. The van der Waals surface area contributed by atoms with Crippen molar-refractivity contribution in [3.8, 4) is 0 Å². The average Bonchev–Trinajstić information content (AvgIpc) is 3.42. The average molecular weight is 425 g/mol. The van der Waals surface area contributed by atoms with E-state index in [0.717, 1.165) is 21.9 Å². The van der Waals surface area contributed by atoms with E-state index in [1.54, 1.807) is 12.1 Å². The highest BCUT2D eigenvalue weighted by Crippen LogP contribution is 2.33. The van der Waals surface area contributed by atoms with Gasteiger partial charge in [-0.25, -0.2) is 9.59 Å². The van der Waals surface area contributed by atoms with Gasteiger partial charge in [0.05, 0.1) is 13.7 Å². The van der Waals surface area contributed by atoms with E-state index in [0.29, 0.717) is 11.8 Å². The number of imide groups is 1. The zero-order valence-electron chi connectivity index (χ0n) is 18.1. The van der Waals surface area contributed by atoms with Crippen LogP contribution in [0.4, 0.5) is 4.79 Å². The lowest BCUT2D eigenvalue weighted by molar-refractivity contribution is -0.123. The minimum atomic E-state index is -0.614. The van der Waals surface area contributed by atoms with Crippen LogP contribution in [-0.2, 0) is 16.1 Å². The molecule has 2 aliphatic rings. The van der Waals surface area contributed by atoms with Crippen LogP contribution in [0.15, 0.2) is 28.3 Å². The normalized spacial score (nSPS) is 18.7. The number of ether oxygens (including phenoxy) is 1. The fourth-order valence-electron chi connectivity index (χ4n) is 4.55. The molecule has 2 aromatic heterocycles. The zero-order chi connectivity index (χ0) is 22.1. The van der Waals surface area contributed by atoms with Gasteiger partial charge in [0.2, 0.25) is 5.76 Å². The first-order valence-electron chi connectivity index (χ1n) is 10.6. The molecule has 31 heavy (non-hydrogen) atoms. The predicted octanol–water partition coefficient (Wildman–Crippen LogP) is 4.08. The number of hydrogen-bond donors (Lipinski definition) is 1. The molecule has 0 atom stereocenters. The van der Waals surface area contributed by atoms with Gasteiger partial charge in [-0.2, -0.15) is 0 Å². The van der Waals surface area contributed by atoms with Crippen molar-refractivity contribution in [1.29, 1.82) is 0 Å². The van der Waals surface area contributed by atoms with Gasteiger partial charge in [-0.1, -0.05) is 19.3 Å². The molecule has 1 aliphatic heterocycles. The molecule has 1 saturated heterocycles. The summed E-state index contributed by atoms with van der Waals surface area (Å²) >= 11 is 0. The van der Waals surface area contributed by atoms with Crippen LogP contribution in [-0.4, -0.2) is 34.5 Å². The van der Waals surface area contributed by atoms with E-state index in [-0.39, 0.29) is 18.0 Å². The maximum atomic E-state index is 12.9. The number of furan rings is 1. The van der Waals surface area contributed by atoms with Gasteiger partial charge < -0.3 is 19.0 Å². The Balaban J connectivity index is 1.53. The predicted molar refractivity (Wildman–Crippen MR) is 113 cm³/mol.